The second-order valence-corrected chi connectivity index (χ2v) is 5.28. The molecule has 2 aromatic rings. The molecule has 0 aliphatic carbocycles. The highest BCUT2D eigenvalue weighted by Crippen LogP contribution is 2.22. The predicted molar refractivity (Wildman–Crippen MR) is 75.8 cm³/mol. The number of rotatable bonds is 4. The molecule has 0 bridgehead atoms. The van der Waals surface area contributed by atoms with Gasteiger partial charge in [0.15, 0.2) is 5.82 Å². The molecule has 0 spiro atoms. The Morgan fingerprint density at radius 1 is 1.33 bits per heavy atom. The van der Waals surface area contributed by atoms with Crippen molar-refractivity contribution >= 4 is 5.69 Å². The first-order chi connectivity index (χ1) is 10.2. The van der Waals surface area contributed by atoms with Crippen molar-refractivity contribution in [2.45, 2.75) is 38.3 Å². The van der Waals surface area contributed by atoms with Gasteiger partial charge in [0.1, 0.15) is 5.82 Å². The Morgan fingerprint density at radius 2 is 2.24 bits per heavy atom. The van der Waals surface area contributed by atoms with Gasteiger partial charge in [0.25, 0.3) is 0 Å². The Kier molecular flexibility index (Phi) is 4.10. The van der Waals surface area contributed by atoms with Gasteiger partial charge in [-0.05, 0) is 54.3 Å². The van der Waals surface area contributed by atoms with Crippen molar-refractivity contribution in [1.82, 2.24) is 20.2 Å². The van der Waals surface area contributed by atoms with E-state index in [1.807, 2.05) is 0 Å². The lowest BCUT2D eigenvalue weighted by Gasteiger charge is -2.22. The van der Waals surface area contributed by atoms with E-state index in [0.29, 0.717) is 23.6 Å². The monoisotopic (exact) mass is 291 g/mol. The van der Waals surface area contributed by atoms with E-state index in [9.17, 15) is 4.39 Å². The third-order valence-electron chi connectivity index (χ3n) is 3.65. The first-order valence-corrected chi connectivity index (χ1v) is 7.16. The van der Waals surface area contributed by atoms with Crippen LogP contribution in [0.4, 0.5) is 10.1 Å². The van der Waals surface area contributed by atoms with Crippen molar-refractivity contribution < 1.29 is 9.13 Å². The van der Waals surface area contributed by atoms with Crippen LogP contribution >= 0.6 is 0 Å². The van der Waals surface area contributed by atoms with Gasteiger partial charge in [-0.2, -0.15) is 0 Å². The largest absolute Gasteiger partial charge is 0.399 e. The minimum Gasteiger partial charge on any atom is -0.399 e. The van der Waals surface area contributed by atoms with Gasteiger partial charge in [0.05, 0.1) is 6.10 Å². The smallest absolute Gasteiger partial charge is 0.182 e. The maximum atomic E-state index is 13.5. The number of hydrogen-bond acceptors (Lipinski definition) is 5. The summed E-state index contributed by atoms with van der Waals surface area (Å²) in [6, 6.07) is 4.32. The predicted octanol–water partition coefficient (Wildman–Crippen LogP) is 2.02. The third kappa shape index (κ3) is 3.36. The van der Waals surface area contributed by atoms with Crippen LogP contribution in [0.3, 0.4) is 0 Å². The molecule has 1 saturated heterocycles. The maximum Gasteiger partial charge on any atom is 0.182 e. The van der Waals surface area contributed by atoms with Gasteiger partial charge in [-0.15, -0.1) is 5.10 Å². The molecule has 1 atom stereocenters. The van der Waals surface area contributed by atoms with Crippen LogP contribution in [0.2, 0.25) is 0 Å². The fraction of sp³-hybridized carbons (Fsp3) is 0.500. The SMILES string of the molecule is Nc1cc(F)cc(-c2nnnn2CCC2CCCCO2)c1. The number of hydrogen-bond donors (Lipinski definition) is 1. The van der Waals surface area contributed by atoms with Gasteiger partial charge in [-0.25, -0.2) is 9.07 Å². The van der Waals surface area contributed by atoms with E-state index in [1.165, 1.54) is 18.6 Å². The Labute approximate surface area is 122 Å². The molecular formula is C14H18FN5O. The summed E-state index contributed by atoms with van der Waals surface area (Å²) < 4.78 is 20.8. The van der Waals surface area contributed by atoms with Crippen LogP contribution in [0.25, 0.3) is 11.4 Å². The van der Waals surface area contributed by atoms with Crippen LogP contribution in [0.15, 0.2) is 18.2 Å². The van der Waals surface area contributed by atoms with Crippen molar-refractivity contribution in [2.75, 3.05) is 12.3 Å². The van der Waals surface area contributed by atoms with Crippen molar-refractivity contribution in [1.29, 1.82) is 0 Å². The standard InChI is InChI=1S/C14H18FN5O/c15-11-7-10(8-12(16)9-11)14-17-18-19-20(14)5-4-13-3-1-2-6-21-13/h7-9,13H,1-6,16H2. The molecule has 2 N–H and O–H groups in total. The average Bonchev–Trinajstić information content (AvgIpc) is 2.93. The number of benzene rings is 1. The summed E-state index contributed by atoms with van der Waals surface area (Å²) in [5.74, 6) is 0.132. The zero-order valence-corrected chi connectivity index (χ0v) is 11.7. The van der Waals surface area contributed by atoms with Crippen molar-refractivity contribution in [2.24, 2.45) is 0 Å². The van der Waals surface area contributed by atoms with Crippen LogP contribution in [-0.4, -0.2) is 32.9 Å². The first-order valence-electron chi connectivity index (χ1n) is 7.16. The molecule has 1 fully saturated rings. The molecule has 2 heterocycles. The van der Waals surface area contributed by atoms with Crippen LogP contribution in [0.5, 0.6) is 0 Å². The lowest BCUT2D eigenvalue weighted by Crippen LogP contribution is -2.21. The number of nitrogens with zero attached hydrogens (tertiary/aromatic N) is 4. The van der Waals surface area contributed by atoms with E-state index in [4.69, 9.17) is 10.5 Å². The number of aryl methyl sites for hydroxylation is 1. The number of anilines is 1. The van der Waals surface area contributed by atoms with Gasteiger partial charge in [-0.1, -0.05) is 0 Å². The summed E-state index contributed by atoms with van der Waals surface area (Å²) in [6.45, 7) is 1.47. The van der Waals surface area contributed by atoms with Crippen molar-refractivity contribution in [3.63, 3.8) is 0 Å². The molecule has 0 saturated carbocycles. The van der Waals surface area contributed by atoms with E-state index in [2.05, 4.69) is 15.5 Å². The summed E-state index contributed by atoms with van der Waals surface area (Å²) >= 11 is 0. The highest BCUT2D eigenvalue weighted by molar-refractivity contribution is 5.61. The van der Waals surface area contributed by atoms with Gasteiger partial charge < -0.3 is 10.5 Å². The minimum atomic E-state index is -0.393. The molecule has 1 aromatic carbocycles. The molecule has 1 aromatic heterocycles. The number of aromatic nitrogens is 4. The Bertz CT molecular complexity index is 589. The van der Waals surface area contributed by atoms with Crippen LogP contribution < -0.4 is 5.73 Å². The molecule has 1 aliphatic heterocycles. The molecule has 0 radical (unpaired) electrons. The van der Waals surface area contributed by atoms with E-state index in [1.54, 1.807) is 10.7 Å². The Morgan fingerprint density at radius 3 is 3.00 bits per heavy atom. The summed E-state index contributed by atoms with van der Waals surface area (Å²) in [4.78, 5) is 0. The van der Waals surface area contributed by atoms with Gasteiger partial charge >= 0.3 is 0 Å². The topological polar surface area (TPSA) is 78.9 Å². The number of halogens is 1. The van der Waals surface area contributed by atoms with E-state index >= 15 is 0 Å². The molecule has 112 valence electrons. The van der Waals surface area contributed by atoms with Crippen LogP contribution in [0, 0.1) is 5.82 Å². The van der Waals surface area contributed by atoms with Crippen LogP contribution in [-0.2, 0) is 11.3 Å². The van der Waals surface area contributed by atoms with Crippen molar-refractivity contribution in [3.05, 3.63) is 24.0 Å². The van der Waals surface area contributed by atoms with E-state index in [0.717, 1.165) is 25.9 Å². The second kappa shape index (κ2) is 6.17. The Balaban J connectivity index is 1.74. The number of tetrazole rings is 1. The summed E-state index contributed by atoms with van der Waals surface area (Å²) in [6.07, 6.45) is 4.52. The fourth-order valence-corrected chi connectivity index (χ4v) is 2.60. The lowest BCUT2D eigenvalue weighted by atomic mass is 10.1. The maximum absolute atomic E-state index is 13.5. The second-order valence-electron chi connectivity index (χ2n) is 5.28. The molecule has 7 heteroatoms. The molecule has 21 heavy (non-hydrogen) atoms. The summed E-state index contributed by atoms with van der Waals surface area (Å²) in [5, 5.41) is 11.6. The van der Waals surface area contributed by atoms with Crippen molar-refractivity contribution in [3.8, 4) is 11.4 Å². The van der Waals surface area contributed by atoms with Gasteiger partial charge in [-0.3, -0.25) is 0 Å². The number of ether oxygens (including phenoxy) is 1. The van der Waals surface area contributed by atoms with E-state index in [-0.39, 0.29) is 6.10 Å². The normalized spacial score (nSPS) is 18.8. The molecule has 6 nitrogen and oxygen atoms in total. The number of nitrogens with two attached hydrogens (primary N) is 1. The quantitative estimate of drug-likeness (QED) is 0.872. The molecule has 1 aliphatic rings. The number of nitrogen functional groups attached to an aromatic ring is 1. The highest BCUT2D eigenvalue weighted by atomic mass is 19.1. The zero-order valence-electron chi connectivity index (χ0n) is 11.7. The third-order valence-corrected chi connectivity index (χ3v) is 3.65. The average molecular weight is 291 g/mol. The lowest BCUT2D eigenvalue weighted by molar-refractivity contribution is 0.00828. The summed E-state index contributed by atoms with van der Waals surface area (Å²) in [5.41, 5.74) is 6.61. The zero-order chi connectivity index (χ0) is 14.7. The molecular weight excluding hydrogens is 273 g/mol. The molecule has 0 amide bonds. The highest BCUT2D eigenvalue weighted by Gasteiger charge is 2.16. The first kappa shape index (κ1) is 13.9. The van der Waals surface area contributed by atoms with Gasteiger partial charge in [0, 0.05) is 24.4 Å². The van der Waals surface area contributed by atoms with Gasteiger partial charge in [0.2, 0.25) is 0 Å². The molecule has 3 rings (SSSR count). The fourth-order valence-electron chi connectivity index (χ4n) is 2.60. The molecule has 1 unspecified atom stereocenters. The van der Waals surface area contributed by atoms with E-state index < -0.39 is 5.82 Å². The summed E-state index contributed by atoms with van der Waals surface area (Å²) in [7, 11) is 0. The Hall–Kier alpha value is -2.02. The van der Waals surface area contributed by atoms with Crippen LogP contribution in [0.1, 0.15) is 25.7 Å². The minimum absolute atomic E-state index is 0.258.